The van der Waals surface area contributed by atoms with Crippen molar-refractivity contribution >= 4 is 34.3 Å². The minimum Gasteiger partial charge on any atom is -0.293 e. The van der Waals surface area contributed by atoms with Crippen molar-refractivity contribution < 1.29 is 4.79 Å². The van der Waals surface area contributed by atoms with Gasteiger partial charge in [0.2, 0.25) is 0 Å². The highest BCUT2D eigenvalue weighted by molar-refractivity contribution is 9.10. The first-order valence-electron chi connectivity index (χ1n) is 4.38. The second kappa shape index (κ2) is 4.49. The van der Waals surface area contributed by atoms with Gasteiger partial charge in [-0.25, -0.2) is 0 Å². The molecule has 0 bridgehead atoms. The zero-order valence-corrected chi connectivity index (χ0v) is 10.7. The molecule has 14 heavy (non-hydrogen) atoms. The van der Waals surface area contributed by atoms with Gasteiger partial charge in [0.25, 0.3) is 0 Å². The van der Waals surface area contributed by atoms with Crippen LogP contribution in [0.3, 0.4) is 0 Å². The number of hydrogen-bond donors (Lipinski definition) is 1. The minimum atomic E-state index is -0.491. The average molecular weight is 273 g/mol. The number of ketones is 1. The Kier molecular flexibility index (Phi) is 3.78. The monoisotopic (exact) mass is 272 g/mol. The molecular formula is C11H13BrOS. The van der Waals surface area contributed by atoms with Gasteiger partial charge in [-0.05, 0) is 19.4 Å². The van der Waals surface area contributed by atoms with Crippen LogP contribution in [0.4, 0.5) is 0 Å². The van der Waals surface area contributed by atoms with E-state index in [1.807, 2.05) is 38.1 Å². The predicted molar refractivity (Wildman–Crippen MR) is 66.5 cm³/mol. The summed E-state index contributed by atoms with van der Waals surface area (Å²) < 4.78 is -0.491. The molecule has 0 saturated carbocycles. The molecule has 0 unspecified atom stereocenters. The van der Waals surface area contributed by atoms with Crippen LogP contribution < -0.4 is 0 Å². The van der Waals surface area contributed by atoms with Gasteiger partial charge in [-0.2, -0.15) is 12.6 Å². The highest BCUT2D eigenvalue weighted by Gasteiger charge is 2.24. The lowest BCUT2D eigenvalue weighted by Crippen LogP contribution is -2.23. The van der Waals surface area contributed by atoms with E-state index in [0.717, 1.165) is 11.1 Å². The third-order valence-electron chi connectivity index (χ3n) is 1.94. The van der Waals surface area contributed by atoms with Crippen LogP contribution in [0.5, 0.6) is 0 Å². The van der Waals surface area contributed by atoms with Crippen LogP contribution in [0.15, 0.2) is 24.3 Å². The zero-order valence-electron chi connectivity index (χ0n) is 8.25. The number of carbonyl (C=O) groups excluding carboxylic acids is 1. The molecule has 0 amide bonds. The summed E-state index contributed by atoms with van der Waals surface area (Å²) >= 11 is 7.51. The molecule has 0 aliphatic rings. The van der Waals surface area contributed by atoms with E-state index in [2.05, 4.69) is 28.6 Å². The molecular weight excluding hydrogens is 260 g/mol. The van der Waals surface area contributed by atoms with E-state index >= 15 is 0 Å². The van der Waals surface area contributed by atoms with Gasteiger partial charge in [-0.1, -0.05) is 40.2 Å². The van der Waals surface area contributed by atoms with Gasteiger partial charge in [0.05, 0.1) is 4.32 Å². The van der Waals surface area contributed by atoms with Crippen LogP contribution in [0.25, 0.3) is 0 Å². The van der Waals surface area contributed by atoms with Crippen molar-refractivity contribution in [2.24, 2.45) is 0 Å². The molecule has 0 fully saturated rings. The van der Waals surface area contributed by atoms with Crippen molar-refractivity contribution in [3.05, 3.63) is 35.4 Å². The highest BCUT2D eigenvalue weighted by Crippen LogP contribution is 2.22. The molecule has 1 rings (SSSR count). The van der Waals surface area contributed by atoms with Crippen molar-refractivity contribution in [2.45, 2.75) is 23.9 Å². The van der Waals surface area contributed by atoms with Crippen molar-refractivity contribution in [1.29, 1.82) is 0 Å². The van der Waals surface area contributed by atoms with Crippen LogP contribution in [0.1, 0.15) is 29.8 Å². The lowest BCUT2D eigenvalue weighted by molar-refractivity contribution is 0.0961. The fourth-order valence-electron chi connectivity index (χ4n) is 1.10. The first-order valence-corrected chi connectivity index (χ1v) is 5.81. The van der Waals surface area contributed by atoms with Crippen molar-refractivity contribution in [2.75, 3.05) is 0 Å². The Morgan fingerprint density at radius 2 is 1.86 bits per heavy atom. The Hall–Kier alpha value is -0.280. The maximum Gasteiger partial charge on any atom is 0.178 e. The van der Waals surface area contributed by atoms with Gasteiger partial charge in [-0.3, -0.25) is 4.79 Å². The SMILES string of the molecule is CC(C)(Br)C(=O)c1ccc(CS)cc1. The summed E-state index contributed by atoms with van der Waals surface area (Å²) in [5.74, 6) is 0.801. The van der Waals surface area contributed by atoms with E-state index in [-0.39, 0.29) is 5.78 Å². The van der Waals surface area contributed by atoms with Crippen molar-refractivity contribution in [3.63, 3.8) is 0 Å². The van der Waals surface area contributed by atoms with Crippen molar-refractivity contribution in [1.82, 2.24) is 0 Å². The first-order chi connectivity index (χ1) is 6.45. The molecule has 76 valence electrons. The number of thiol groups is 1. The van der Waals surface area contributed by atoms with Crippen LogP contribution in [-0.4, -0.2) is 10.1 Å². The van der Waals surface area contributed by atoms with E-state index < -0.39 is 4.32 Å². The van der Waals surface area contributed by atoms with Crippen LogP contribution in [0, 0.1) is 0 Å². The zero-order chi connectivity index (χ0) is 10.8. The molecule has 1 nitrogen and oxygen atoms in total. The fraction of sp³-hybridized carbons (Fsp3) is 0.364. The topological polar surface area (TPSA) is 17.1 Å². The maximum absolute atomic E-state index is 11.8. The summed E-state index contributed by atoms with van der Waals surface area (Å²) in [5, 5.41) is 0. The number of rotatable bonds is 3. The second-order valence-electron chi connectivity index (χ2n) is 3.66. The third-order valence-corrected chi connectivity index (χ3v) is 2.66. The molecule has 0 atom stereocenters. The number of Topliss-reactive ketones (excluding diaryl/α,β-unsaturated/α-hetero) is 1. The summed E-state index contributed by atoms with van der Waals surface area (Å²) in [6.45, 7) is 3.70. The molecule has 0 spiro atoms. The molecule has 1 aromatic rings. The largest absolute Gasteiger partial charge is 0.293 e. The van der Waals surface area contributed by atoms with Gasteiger partial charge in [-0.15, -0.1) is 0 Å². The summed E-state index contributed by atoms with van der Waals surface area (Å²) in [7, 11) is 0. The normalized spacial score (nSPS) is 11.4. The Labute approximate surface area is 98.4 Å². The van der Waals surface area contributed by atoms with E-state index in [9.17, 15) is 4.79 Å². The smallest absolute Gasteiger partial charge is 0.178 e. The molecule has 0 aliphatic heterocycles. The summed E-state index contributed by atoms with van der Waals surface area (Å²) in [4.78, 5) is 11.8. The molecule has 0 heterocycles. The standard InChI is InChI=1S/C11H13BrOS/c1-11(2,12)10(13)9-5-3-8(7-14)4-6-9/h3-6,14H,7H2,1-2H3. The number of alkyl halides is 1. The van der Waals surface area contributed by atoms with Crippen LogP contribution in [0.2, 0.25) is 0 Å². The number of halogens is 1. The highest BCUT2D eigenvalue weighted by atomic mass is 79.9. The molecule has 0 aliphatic carbocycles. The average Bonchev–Trinajstić information content (AvgIpc) is 2.15. The third kappa shape index (κ3) is 2.85. The lowest BCUT2D eigenvalue weighted by atomic mass is 10.0. The lowest BCUT2D eigenvalue weighted by Gasteiger charge is -2.14. The van der Waals surface area contributed by atoms with E-state index in [4.69, 9.17) is 0 Å². The van der Waals surface area contributed by atoms with E-state index in [0.29, 0.717) is 5.75 Å². The van der Waals surface area contributed by atoms with Crippen LogP contribution in [-0.2, 0) is 5.75 Å². The number of carbonyl (C=O) groups is 1. The molecule has 0 aromatic heterocycles. The number of hydrogen-bond acceptors (Lipinski definition) is 2. The molecule has 0 radical (unpaired) electrons. The first kappa shape index (κ1) is 11.8. The molecule has 0 N–H and O–H groups in total. The van der Waals surface area contributed by atoms with Gasteiger partial charge in [0.15, 0.2) is 5.78 Å². The van der Waals surface area contributed by atoms with E-state index in [1.165, 1.54) is 0 Å². The van der Waals surface area contributed by atoms with Gasteiger partial charge >= 0.3 is 0 Å². The Morgan fingerprint density at radius 1 is 1.36 bits per heavy atom. The summed E-state index contributed by atoms with van der Waals surface area (Å²) in [5.41, 5.74) is 1.86. The predicted octanol–water partition coefficient (Wildman–Crippen LogP) is 3.47. The van der Waals surface area contributed by atoms with Crippen molar-refractivity contribution in [3.8, 4) is 0 Å². The maximum atomic E-state index is 11.8. The Balaban J connectivity index is 2.93. The summed E-state index contributed by atoms with van der Waals surface area (Å²) in [6, 6.07) is 7.55. The molecule has 1 aromatic carbocycles. The Bertz CT molecular complexity index is 324. The molecule has 3 heteroatoms. The second-order valence-corrected chi connectivity index (χ2v) is 5.96. The van der Waals surface area contributed by atoms with Gasteiger partial charge < -0.3 is 0 Å². The van der Waals surface area contributed by atoms with Gasteiger partial charge in [0, 0.05) is 11.3 Å². The van der Waals surface area contributed by atoms with Gasteiger partial charge in [0.1, 0.15) is 0 Å². The number of benzene rings is 1. The minimum absolute atomic E-state index is 0.100. The van der Waals surface area contributed by atoms with E-state index in [1.54, 1.807) is 0 Å². The quantitative estimate of drug-likeness (QED) is 0.507. The fourth-order valence-corrected chi connectivity index (χ4v) is 1.54. The van der Waals surface area contributed by atoms with Crippen LogP contribution >= 0.6 is 28.6 Å². The Morgan fingerprint density at radius 3 is 2.21 bits per heavy atom. The molecule has 0 saturated heterocycles. The summed E-state index contributed by atoms with van der Waals surface area (Å²) in [6.07, 6.45) is 0.